The lowest BCUT2D eigenvalue weighted by Gasteiger charge is -2.26. The van der Waals surface area contributed by atoms with Crippen molar-refractivity contribution in [2.75, 3.05) is 17.2 Å². The molecule has 0 radical (unpaired) electrons. The molecule has 0 unspecified atom stereocenters. The number of halogens is 1. The average Bonchev–Trinajstić information content (AvgIpc) is 2.91. The lowest BCUT2D eigenvalue weighted by molar-refractivity contribution is 0.0580. The van der Waals surface area contributed by atoms with E-state index < -0.39 is 27.6 Å². The molecule has 1 amide bonds. The minimum atomic E-state index is -4.15. The Morgan fingerprint density at radius 3 is 2.67 bits per heavy atom. The molecule has 1 N–H and O–H groups in total. The lowest BCUT2D eigenvalue weighted by Crippen LogP contribution is -2.38. The predicted molar refractivity (Wildman–Crippen MR) is 101 cm³/mol. The number of carbonyl (C=O) groups excluding carboxylic acids is 1. The number of aromatic nitrogens is 3. The van der Waals surface area contributed by atoms with E-state index in [2.05, 4.69) is 10.1 Å². The molecule has 0 saturated heterocycles. The van der Waals surface area contributed by atoms with Gasteiger partial charge in [0, 0.05) is 12.7 Å². The van der Waals surface area contributed by atoms with E-state index in [1.54, 1.807) is 45.3 Å². The van der Waals surface area contributed by atoms with Gasteiger partial charge >= 0.3 is 6.09 Å². The van der Waals surface area contributed by atoms with Crippen LogP contribution in [0.2, 0.25) is 5.15 Å². The predicted octanol–water partition coefficient (Wildman–Crippen LogP) is 2.94. The van der Waals surface area contributed by atoms with Gasteiger partial charge in [0.2, 0.25) is 0 Å². The van der Waals surface area contributed by atoms with Gasteiger partial charge in [0.15, 0.2) is 5.15 Å². The summed E-state index contributed by atoms with van der Waals surface area (Å²) in [5.41, 5.74) is 0.127. The van der Waals surface area contributed by atoms with Gasteiger partial charge in [-0.3, -0.25) is 14.4 Å². The number of hydrogen-bond donors (Lipinski definition) is 1. The van der Waals surface area contributed by atoms with Crippen LogP contribution in [0.3, 0.4) is 0 Å². The molecule has 148 valence electrons. The van der Waals surface area contributed by atoms with Crippen LogP contribution in [-0.4, -0.2) is 51.7 Å². The molecule has 0 aliphatic rings. The van der Waals surface area contributed by atoms with Gasteiger partial charge in [-0.15, -0.1) is 0 Å². The summed E-state index contributed by atoms with van der Waals surface area (Å²) >= 11 is 6.20. The highest BCUT2D eigenvalue weighted by atomic mass is 35.5. The second kappa shape index (κ2) is 8.24. The third-order valence-electron chi connectivity index (χ3n) is 3.25. The fraction of sp³-hybridized carbons (Fsp3) is 0.438. The van der Waals surface area contributed by atoms with E-state index >= 15 is 0 Å². The maximum absolute atomic E-state index is 12.6. The van der Waals surface area contributed by atoms with Crippen LogP contribution in [0.5, 0.6) is 0 Å². The van der Waals surface area contributed by atoms with E-state index in [-0.39, 0.29) is 23.8 Å². The second-order valence-electron chi connectivity index (χ2n) is 6.73. The summed E-state index contributed by atoms with van der Waals surface area (Å²) in [7, 11) is -4.15. The number of carbonyl (C=O) groups is 1. The zero-order chi connectivity index (χ0) is 20.2. The third kappa shape index (κ3) is 6.49. The Kier molecular flexibility index (Phi) is 6.45. The first-order valence-corrected chi connectivity index (χ1v) is 10.1. The van der Waals surface area contributed by atoms with Crippen LogP contribution in [0, 0.1) is 0 Å². The van der Waals surface area contributed by atoms with Crippen LogP contribution >= 0.6 is 11.6 Å². The monoisotopic (exact) mass is 416 g/mol. The average molecular weight is 417 g/mol. The number of anilines is 1. The van der Waals surface area contributed by atoms with Crippen molar-refractivity contribution in [3.8, 4) is 5.69 Å². The maximum Gasteiger partial charge on any atom is 0.414 e. The Labute approximate surface area is 162 Å². The molecule has 0 atom stereocenters. The van der Waals surface area contributed by atoms with E-state index in [1.165, 1.54) is 15.8 Å². The quantitative estimate of drug-likeness (QED) is 0.719. The first-order valence-electron chi connectivity index (χ1n) is 8.07. The standard InChI is InChI=1S/C16H21ClN4O5S/c1-16(2,3)26-15(22)20(8-5-9-27(23,24)25)13-11-21(19-14(13)17)12-6-4-7-18-10-12/h4,6-7,10-11H,5,8-9H2,1-3H3,(H,23,24,25). The Morgan fingerprint density at radius 1 is 1.41 bits per heavy atom. The molecule has 2 aromatic heterocycles. The molecule has 9 nitrogen and oxygen atoms in total. The molecule has 0 aliphatic carbocycles. The Bertz CT molecular complexity index is 893. The molecule has 0 fully saturated rings. The SMILES string of the molecule is CC(C)(C)OC(=O)N(CCCS(=O)(=O)O)c1cn(-c2cccnc2)nc1Cl. The van der Waals surface area contributed by atoms with E-state index in [9.17, 15) is 13.2 Å². The van der Waals surface area contributed by atoms with Crippen LogP contribution in [0.1, 0.15) is 27.2 Å². The highest BCUT2D eigenvalue weighted by Gasteiger charge is 2.27. The molecule has 2 rings (SSSR count). The van der Waals surface area contributed by atoms with Gasteiger partial charge in [-0.2, -0.15) is 13.5 Å². The number of pyridine rings is 1. The van der Waals surface area contributed by atoms with Gasteiger partial charge in [0.05, 0.1) is 23.8 Å². The molecular formula is C16H21ClN4O5S. The van der Waals surface area contributed by atoms with E-state index in [0.717, 1.165) is 0 Å². The summed E-state index contributed by atoms with van der Waals surface area (Å²) < 4.78 is 37.7. The summed E-state index contributed by atoms with van der Waals surface area (Å²) in [6, 6.07) is 3.48. The van der Waals surface area contributed by atoms with Crippen molar-refractivity contribution in [1.29, 1.82) is 0 Å². The van der Waals surface area contributed by atoms with E-state index in [4.69, 9.17) is 20.9 Å². The molecule has 2 heterocycles. The van der Waals surface area contributed by atoms with E-state index in [0.29, 0.717) is 5.69 Å². The highest BCUT2D eigenvalue weighted by molar-refractivity contribution is 7.85. The number of hydrogen-bond acceptors (Lipinski definition) is 6. The van der Waals surface area contributed by atoms with Gasteiger partial charge in [0.1, 0.15) is 11.3 Å². The van der Waals surface area contributed by atoms with Crippen LogP contribution in [0.4, 0.5) is 10.5 Å². The summed E-state index contributed by atoms with van der Waals surface area (Å²) in [6.07, 6.45) is 4.00. The van der Waals surface area contributed by atoms with Gasteiger partial charge in [-0.05, 0) is 39.3 Å². The second-order valence-corrected chi connectivity index (χ2v) is 8.66. The molecule has 0 aromatic carbocycles. The topological polar surface area (TPSA) is 115 Å². The first-order chi connectivity index (χ1) is 12.5. The summed E-state index contributed by atoms with van der Waals surface area (Å²) in [5.74, 6) is -0.499. The number of ether oxygens (including phenoxy) is 1. The number of amides is 1. The fourth-order valence-electron chi connectivity index (χ4n) is 2.18. The largest absolute Gasteiger partial charge is 0.443 e. The minimum Gasteiger partial charge on any atom is -0.443 e. The molecular weight excluding hydrogens is 396 g/mol. The maximum atomic E-state index is 12.6. The first kappa shape index (κ1) is 21.1. The van der Waals surface area contributed by atoms with Crippen molar-refractivity contribution in [1.82, 2.24) is 14.8 Å². The van der Waals surface area contributed by atoms with Crippen molar-refractivity contribution in [3.05, 3.63) is 35.9 Å². The summed E-state index contributed by atoms with van der Waals surface area (Å²) in [4.78, 5) is 17.8. The van der Waals surface area contributed by atoms with Crippen molar-refractivity contribution >= 4 is 33.5 Å². The molecule has 0 aliphatic heterocycles. The van der Waals surface area contributed by atoms with Gasteiger partial charge in [-0.1, -0.05) is 11.6 Å². The van der Waals surface area contributed by atoms with Gasteiger partial charge < -0.3 is 4.74 Å². The lowest BCUT2D eigenvalue weighted by atomic mass is 10.2. The Morgan fingerprint density at radius 2 is 2.11 bits per heavy atom. The highest BCUT2D eigenvalue weighted by Crippen LogP contribution is 2.27. The van der Waals surface area contributed by atoms with Crippen molar-refractivity contribution in [3.63, 3.8) is 0 Å². The molecule has 27 heavy (non-hydrogen) atoms. The smallest absolute Gasteiger partial charge is 0.414 e. The van der Waals surface area contributed by atoms with Crippen LogP contribution in [0.15, 0.2) is 30.7 Å². The molecule has 0 spiro atoms. The third-order valence-corrected chi connectivity index (χ3v) is 4.32. The van der Waals surface area contributed by atoms with E-state index in [1.807, 2.05) is 0 Å². The Balaban J connectivity index is 2.32. The zero-order valence-electron chi connectivity index (χ0n) is 15.2. The number of nitrogens with zero attached hydrogens (tertiary/aromatic N) is 4. The van der Waals surface area contributed by atoms with Crippen molar-refractivity contribution in [2.24, 2.45) is 0 Å². The van der Waals surface area contributed by atoms with Crippen LogP contribution < -0.4 is 4.90 Å². The summed E-state index contributed by atoms with van der Waals surface area (Å²) in [6.45, 7) is 5.10. The summed E-state index contributed by atoms with van der Waals surface area (Å²) in [5, 5.41) is 4.20. The molecule has 2 aromatic rings. The molecule has 0 bridgehead atoms. The Hall–Kier alpha value is -2.17. The fourth-order valence-corrected chi connectivity index (χ4v) is 2.90. The molecule has 11 heteroatoms. The van der Waals surface area contributed by atoms with Crippen LogP contribution in [-0.2, 0) is 14.9 Å². The zero-order valence-corrected chi connectivity index (χ0v) is 16.7. The normalized spacial score (nSPS) is 12.0. The van der Waals surface area contributed by atoms with Crippen molar-refractivity contribution in [2.45, 2.75) is 32.8 Å². The van der Waals surface area contributed by atoms with Gasteiger partial charge in [0.25, 0.3) is 10.1 Å². The van der Waals surface area contributed by atoms with Crippen LogP contribution in [0.25, 0.3) is 5.69 Å². The molecule has 0 saturated carbocycles. The van der Waals surface area contributed by atoms with Crippen molar-refractivity contribution < 1.29 is 22.5 Å². The minimum absolute atomic E-state index is 0.00746. The van der Waals surface area contributed by atoms with Gasteiger partial charge in [-0.25, -0.2) is 9.48 Å². The number of rotatable bonds is 6.